The summed E-state index contributed by atoms with van der Waals surface area (Å²) in [6.45, 7) is 0. The Bertz CT molecular complexity index is 354. The maximum Gasteiger partial charge on any atom is 0.328 e. The Morgan fingerprint density at radius 2 is 2.14 bits per heavy atom. The van der Waals surface area contributed by atoms with Crippen molar-refractivity contribution in [2.24, 2.45) is 5.73 Å². The predicted octanol–water partition coefficient (Wildman–Crippen LogP) is 2.11. The highest BCUT2D eigenvalue weighted by atomic mass is 79.9. The lowest BCUT2D eigenvalue weighted by molar-refractivity contribution is -0.141. The first-order valence-corrected chi connectivity index (χ1v) is 4.63. The molecule has 1 rings (SSSR count). The lowest BCUT2D eigenvalue weighted by Crippen LogP contribution is -2.37. The number of benzene rings is 1. The van der Waals surface area contributed by atoms with E-state index in [9.17, 15) is 13.6 Å². The molecule has 0 bridgehead atoms. The standard InChI is InChI=1S/C9H8BrF2NO/c10-7-3-1-2-6(4-7)5-9(11,12)8(13)14/h1-4H,5H2,(H2,13,14). The summed E-state index contributed by atoms with van der Waals surface area (Å²) in [5.41, 5.74) is 4.92. The molecule has 0 heterocycles. The third kappa shape index (κ3) is 2.77. The van der Waals surface area contributed by atoms with Gasteiger partial charge in [-0.05, 0) is 17.7 Å². The first kappa shape index (κ1) is 11.1. The Morgan fingerprint density at radius 1 is 1.50 bits per heavy atom. The Kier molecular flexibility index (Phi) is 3.21. The smallest absolute Gasteiger partial charge is 0.328 e. The van der Waals surface area contributed by atoms with E-state index < -0.39 is 18.3 Å². The van der Waals surface area contributed by atoms with Crippen molar-refractivity contribution in [3.05, 3.63) is 34.3 Å². The second kappa shape index (κ2) is 4.04. The summed E-state index contributed by atoms with van der Waals surface area (Å²) in [6, 6.07) is 6.38. The molecule has 0 atom stereocenters. The van der Waals surface area contributed by atoms with Crippen LogP contribution in [0.1, 0.15) is 5.56 Å². The molecule has 0 saturated heterocycles. The molecule has 14 heavy (non-hydrogen) atoms. The van der Waals surface area contributed by atoms with Crippen LogP contribution in [0.15, 0.2) is 28.7 Å². The van der Waals surface area contributed by atoms with Crippen molar-refractivity contribution in [2.75, 3.05) is 0 Å². The Balaban J connectivity index is 2.83. The molecule has 0 aliphatic heterocycles. The number of hydrogen-bond acceptors (Lipinski definition) is 1. The molecule has 5 heteroatoms. The van der Waals surface area contributed by atoms with Gasteiger partial charge in [0.25, 0.3) is 5.91 Å². The van der Waals surface area contributed by atoms with Crippen LogP contribution in [0, 0.1) is 0 Å². The van der Waals surface area contributed by atoms with Gasteiger partial charge in [-0.3, -0.25) is 4.79 Å². The molecule has 0 radical (unpaired) electrons. The highest BCUT2D eigenvalue weighted by molar-refractivity contribution is 9.10. The summed E-state index contributed by atoms with van der Waals surface area (Å²) < 4.78 is 26.4. The normalized spacial score (nSPS) is 11.4. The Morgan fingerprint density at radius 3 is 2.64 bits per heavy atom. The van der Waals surface area contributed by atoms with Gasteiger partial charge >= 0.3 is 5.92 Å². The third-order valence-corrected chi connectivity index (χ3v) is 2.17. The van der Waals surface area contributed by atoms with Gasteiger partial charge < -0.3 is 5.73 Å². The minimum atomic E-state index is -3.49. The molecule has 1 aromatic rings. The molecule has 0 aliphatic rings. The fourth-order valence-corrected chi connectivity index (χ4v) is 1.44. The van der Waals surface area contributed by atoms with Crippen LogP contribution in [0.4, 0.5) is 8.78 Å². The average molecular weight is 264 g/mol. The molecular weight excluding hydrogens is 256 g/mol. The van der Waals surface area contributed by atoms with Crippen LogP contribution in [0.5, 0.6) is 0 Å². The zero-order chi connectivity index (χ0) is 10.8. The van der Waals surface area contributed by atoms with E-state index in [-0.39, 0.29) is 0 Å². The molecule has 0 aromatic heterocycles. The summed E-state index contributed by atoms with van der Waals surface area (Å²) in [6.07, 6.45) is -0.665. The lowest BCUT2D eigenvalue weighted by atomic mass is 10.1. The second-order valence-electron chi connectivity index (χ2n) is 2.88. The summed E-state index contributed by atoms with van der Waals surface area (Å²) in [7, 11) is 0. The number of alkyl halides is 2. The van der Waals surface area contributed by atoms with Crippen molar-refractivity contribution in [3.8, 4) is 0 Å². The number of carbonyl (C=O) groups is 1. The van der Waals surface area contributed by atoms with Crippen molar-refractivity contribution in [2.45, 2.75) is 12.3 Å². The van der Waals surface area contributed by atoms with Crippen molar-refractivity contribution >= 4 is 21.8 Å². The Labute approximate surface area is 88.2 Å². The molecule has 1 amide bonds. The number of primary amides is 1. The van der Waals surface area contributed by atoms with E-state index in [1.165, 1.54) is 12.1 Å². The molecule has 2 nitrogen and oxygen atoms in total. The van der Waals surface area contributed by atoms with Gasteiger partial charge in [-0.15, -0.1) is 0 Å². The first-order chi connectivity index (χ1) is 6.42. The molecular formula is C9H8BrF2NO. The van der Waals surface area contributed by atoms with Crippen molar-refractivity contribution in [1.82, 2.24) is 0 Å². The molecule has 0 fully saturated rings. The van der Waals surface area contributed by atoms with E-state index >= 15 is 0 Å². The summed E-state index contributed by atoms with van der Waals surface area (Å²) >= 11 is 3.15. The summed E-state index contributed by atoms with van der Waals surface area (Å²) in [5.74, 6) is -5.08. The monoisotopic (exact) mass is 263 g/mol. The number of rotatable bonds is 3. The summed E-state index contributed by atoms with van der Waals surface area (Å²) in [4.78, 5) is 10.4. The van der Waals surface area contributed by atoms with E-state index in [1.807, 2.05) is 0 Å². The largest absolute Gasteiger partial charge is 0.364 e. The Hall–Kier alpha value is -0.970. The minimum absolute atomic E-state index is 0.364. The molecule has 2 N–H and O–H groups in total. The van der Waals surface area contributed by atoms with Crippen LogP contribution >= 0.6 is 15.9 Å². The van der Waals surface area contributed by atoms with E-state index in [4.69, 9.17) is 0 Å². The topological polar surface area (TPSA) is 43.1 Å². The van der Waals surface area contributed by atoms with Gasteiger partial charge in [-0.2, -0.15) is 8.78 Å². The quantitative estimate of drug-likeness (QED) is 0.892. The van der Waals surface area contributed by atoms with Gasteiger partial charge in [0.1, 0.15) is 0 Å². The second-order valence-corrected chi connectivity index (χ2v) is 3.79. The van der Waals surface area contributed by atoms with Crippen LogP contribution < -0.4 is 5.73 Å². The molecule has 1 aromatic carbocycles. The van der Waals surface area contributed by atoms with Crippen LogP contribution in [0.2, 0.25) is 0 Å². The number of nitrogens with two attached hydrogens (primary N) is 1. The van der Waals surface area contributed by atoms with Gasteiger partial charge in [0.05, 0.1) is 0 Å². The maximum atomic E-state index is 12.9. The zero-order valence-corrected chi connectivity index (χ0v) is 8.72. The first-order valence-electron chi connectivity index (χ1n) is 3.84. The molecule has 76 valence electrons. The molecule has 0 unspecified atom stereocenters. The van der Waals surface area contributed by atoms with E-state index in [2.05, 4.69) is 21.7 Å². The minimum Gasteiger partial charge on any atom is -0.364 e. The van der Waals surface area contributed by atoms with Crippen LogP contribution in [-0.4, -0.2) is 11.8 Å². The van der Waals surface area contributed by atoms with Crippen molar-refractivity contribution < 1.29 is 13.6 Å². The van der Waals surface area contributed by atoms with Crippen LogP contribution in [0.3, 0.4) is 0 Å². The SMILES string of the molecule is NC(=O)C(F)(F)Cc1cccc(Br)c1. The molecule has 0 aliphatic carbocycles. The van der Waals surface area contributed by atoms with Crippen LogP contribution in [-0.2, 0) is 11.2 Å². The van der Waals surface area contributed by atoms with Gasteiger partial charge in [-0.1, -0.05) is 28.1 Å². The van der Waals surface area contributed by atoms with Crippen molar-refractivity contribution in [3.63, 3.8) is 0 Å². The third-order valence-electron chi connectivity index (χ3n) is 1.68. The maximum absolute atomic E-state index is 12.9. The average Bonchev–Trinajstić information content (AvgIpc) is 2.02. The van der Waals surface area contributed by atoms with Gasteiger partial charge in [0.2, 0.25) is 0 Å². The summed E-state index contributed by atoms with van der Waals surface area (Å²) in [5, 5.41) is 0. The number of carbonyl (C=O) groups excluding carboxylic acids is 1. The van der Waals surface area contributed by atoms with E-state index in [0.29, 0.717) is 10.0 Å². The molecule has 0 saturated carbocycles. The van der Waals surface area contributed by atoms with Gasteiger partial charge in [-0.25, -0.2) is 0 Å². The van der Waals surface area contributed by atoms with E-state index in [1.54, 1.807) is 12.1 Å². The number of hydrogen-bond donors (Lipinski definition) is 1. The lowest BCUT2D eigenvalue weighted by Gasteiger charge is -2.11. The van der Waals surface area contributed by atoms with Crippen molar-refractivity contribution in [1.29, 1.82) is 0 Å². The van der Waals surface area contributed by atoms with Crippen LogP contribution in [0.25, 0.3) is 0 Å². The zero-order valence-electron chi connectivity index (χ0n) is 7.14. The predicted molar refractivity (Wildman–Crippen MR) is 52.0 cm³/mol. The van der Waals surface area contributed by atoms with Gasteiger partial charge in [0.15, 0.2) is 0 Å². The van der Waals surface area contributed by atoms with E-state index in [0.717, 1.165) is 0 Å². The fraction of sp³-hybridized carbons (Fsp3) is 0.222. The highest BCUT2D eigenvalue weighted by Crippen LogP contribution is 2.21. The molecule has 0 spiro atoms. The number of halogens is 3. The number of amides is 1. The highest BCUT2D eigenvalue weighted by Gasteiger charge is 2.36. The fourth-order valence-electron chi connectivity index (χ4n) is 0.990. The van der Waals surface area contributed by atoms with Gasteiger partial charge in [0, 0.05) is 10.9 Å².